The minimum absolute atomic E-state index is 0.0630. The van der Waals surface area contributed by atoms with E-state index in [4.69, 9.17) is 0 Å². The van der Waals surface area contributed by atoms with Crippen molar-refractivity contribution in [1.29, 1.82) is 5.26 Å². The number of piperazine rings is 1. The Kier molecular flexibility index (Phi) is 7.05. The highest BCUT2D eigenvalue weighted by atomic mass is 16.2. The van der Waals surface area contributed by atoms with Crippen molar-refractivity contribution in [3.63, 3.8) is 0 Å². The van der Waals surface area contributed by atoms with Crippen LogP contribution in [0.5, 0.6) is 0 Å². The normalized spacial score (nSPS) is 16.6. The molecule has 1 aromatic carbocycles. The molecule has 5 nitrogen and oxygen atoms in total. The van der Waals surface area contributed by atoms with Crippen LogP contribution < -0.4 is 4.90 Å². The van der Waals surface area contributed by atoms with Crippen molar-refractivity contribution in [1.82, 2.24) is 9.80 Å². The second-order valence-electron chi connectivity index (χ2n) is 7.79. The summed E-state index contributed by atoms with van der Waals surface area (Å²) >= 11 is 0. The van der Waals surface area contributed by atoms with Crippen molar-refractivity contribution in [2.24, 2.45) is 5.92 Å². The number of nitriles is 1. The van der Waals surface area contributed by atoms with Crippen LogP contribution in [0.4, 0.5) is 5.69 Å². The Morgan fingerprint density at radius 3 is 2.15 bits per heavy atom. The number of rotatable bonds is 6. The minimum atomic E-state index is -0.0630. The van der Waals surface area contributed by atoms with Gasteiger partial charge in [-0.2, -0.15) is 5.26 Å². The van der Waals surface area contributed by atoms with Crippen molar-refractivity contribution in [2.45, 2.75) is 46.7 Å². The zero-order valence-electron chi connectivity index (χ0n) is 16.8. The van der Waals surface area contributed by atoms with E-state index in [0.717, 1.165) is 18.8 Å². The van der Waals surface area contributed by atoms with Gasteiger partial charge in [-0.1, -0.05) is 31.5 Å². The van der Waals surface area contributed by atoms with Gasteiger partial charge in [-0.05, 0) is 38.8 Å². The maximum atomic E-state index is 12.8. The first-order valence-electron chi connectivity index (χ1n) is 9.58. The van der Waals surface area contributed by atoms with E-state index in [1.54, 1.807) is 0 Å². The summed E-state index contributed by atoms with van der Waals surface area (Å²) in [5.74, 6) is 0.470. The van der Waals surface area contributed by atoms with E-state index in [-0.39, 0.29) is 18.0 Å². The standard InChI is InChI=1S/C21H32N4O/c1-16(2)20(14-22)23-10-12-24(13-11-23)21(26)15-25(17(3)4)19-8-6-18(5)7-9-19/h6-9,16-17,20H,10-13,15H2,1-5H3/t20-/m1/s1. The third-order valence-corrected chi connectivity index (χ3v) is 5.12. The average molecular weight is 357 g/mol. The molecule has 0 aliphatic carbocycles. The Hall–Kier alpha value is -2.06. The van der Waals surface area contributed by atoms with E-state index < -0.39 is 0 Å². The molecule has 2 rings (SSSR count). The molecule has 0 N–H and O–H groups in total. The van der Waals surface area contributed by atoms with Crippen molar-refractivity contribution in [2.75, 3.05) is 37.6 Å². The number of hydrogen-bond acceptors (Lipinski definition) is 4. The van der Waals surface area contributed by atoms with Crippen molar-refractivity contribution in [3.8, 4) is 6.07 Å². The molecule has 142 valence electrons. The van der Waals surface area contributed by atoms with Crippen LogP contribution in [0.2, 0.25) is 0 Å². The summed E-state index contributed by atoms with van der Waals surface area (Å²) in [7, 11) is 0. The van der Waals surface area contributed by atoms with Crippen LogP contribution in [0.25, 0.3) is 0 Å². The number of hydrogen-bond donors (Lipinski definition) is 0. The Morgan fingerprint density at radius 1 is 1.12 bits per heavy atom. The van der Waals surface area contributed by atoms with Crippen LogP contribution in [0.1, 0.15) is 33.3 Å². The zero-order valence-corrected chi connectivity index (χ0v) is 16.8. The van der Waals surface area contributed by atoms with E-state index in [1.165, 1.54) is 5.56 Å². The summed E-state index contributed by atoms with van der Waals surface area (Å²) in [4.78, 5) is 19.1. The highest BCUT2D eigenvalue weighted by Gasteiger charge is 2.28. The van der Waals surface area contributed by atoms with Gasteiger partial charge in [0, 0.05) is 37.9 Å². The molecule has 1 fully saturated rings. The molecule has 1 saturated heterocycles. The summed E-state index contributed by atoms with van der Waals surface area (Å²) in [6, 6.07) is 10.9. The molecule has 0 bridgehead atoms. The van der Waals surface area contributed by atoms with E-state index in [2.05, 4.69) is 74.8 Å². The van der Waals surface area contributed by atoms with Crippen LogP contribution in [0.15, 0.2) is 24.3 Å². The predicted octanol–water partition coefficient (Wildman–Crippen LogP) is 2.90. The maximum Gasteiger partial charge on any atom is 0.242 e. The molecule has 1 heterocycles. The fraction of sp³-hybridized carbons (Fsp3) is 0.619. The smallest absolute Gasteiger partial charge is 0.242 e. The largest absolute Gasteiger partial charge is 0.360 e. The Balaban J connectivity index is 1.97. The van der Waals surface area contributed by atoms with Gasteiger partial charge < -0.3 is 9.80 Å². The van der Waals surface area contributed by atoms with Crippen molar-refractivity contribution >= 4 is 11.6 Å². The lowest BCUT2D eigenvalue weighted by molar-refractivity contribution is -0.131. The Morgan fingerprint density at radius 2 is 1.69 bits per heavy atom. The third kappa shape index (κ3) is 4.98. The summed E-state index contributed by atoms with van der Waals surface area (Å²) in [6.07, 6.45) is 0. The third-order valence-electron chi connectivity index (χ3n) is 5.12. The molecular formula is C21H32N4O. The first kappa shape index (κ1) is 20.3. The molecule has 0 unspecified atom stereocenters. The lowest BCUT2D eigenvalue weighted by Gasteiger charge is -2.39. The number of nitrogens with zero attached hydrogens (tertiary/aromatic N) is 4. The van der Waals surface area contributed by atoms with Gasteiger partial charge in [0.15, 0.2) is 0 Å². The molecule has 1 atom stereocenters. The number of carbonyl (C=O) groups is 1. The fourth-order valence-electron chi connectivity index (χ4n) is 3.46. The molecule has 1 aliphatic heterocycles. The SMILES string of the molecule is Cc1ccc(N(CC(=O)N2CCN([C@H](C#N)C(C)C)CC2)C(C)C)cc1. The molecule has 26 heavy (non-hydrogen) atoms. The number of amides is 1. The maximum absolute atomic E-state index is 12.8. The van der Waals surface area contributed by atoms with Gasteiger partial charge >= 0.3 is 0 Å². The first-order valence-corrected chi connectivity index (χ1v) is 9.58. The Labute approximate surface area is 158 Å². The van der Waals surface area contributed by atoms with Crippen LogP contribution in [0.3, 0.4) is 0 Å². The van der Waals surface area contributed by atoms with Gasteiger partial charge in [-0.15, -0.1) is 0 Å². The zero-order chi connectivity index (χ0) is 19.3. The van der Waals surface area contributed by atoms with Crippen LogP contribution in [-0.4, -0.2) is 60.5 Å². The summed E-state index contributed by atoms with van der Waals surface area (Å²) < 4.78 is 0. The molecular weight excluding hydrogens is 324 g/mol. The number of aryl methyl sites for hydroxylation is 1. The topological polar surface area (TPSA) is 50.6 Å². The van der Waals surface area contributed by atoms with Gasteiger partial charge in [-0.25, -0.2) is 0 Å². The molecule has 1 aliphatic rings. The van der Waals surface area contributed by atoms with Gasteiger partial charge in [0.2, 0.25) is 5.91 Å². The molecule has 0 saturated carbocycles. The summed E-state index contributed by atoms with van der Waals surface area (Å²) in [5.41, 5.74) is 2.30. The predicted molar refractivity (Wildman–Crippen MR) is 106 cm³/mol. The molecule has 5 heteroatoms. The second kappa shape index (κ2) is 9.05. The molecule has 1 amide bonds. The van der Waals surface area contributed by atoms with Gasteiger partial charge in [-0.3, -0.25) is 9.69 Å². The minimum Gasteiger partial charge on any atom is -0.360 e. The van der Waals surface area contributed by atoms with Gasteiger partial charge in [0.05, 0.1) is 12.6 Å². The van der Waals surface area contributed by atoms with Crippen LogP contribution in [0, 0.1) is 24.2 Å². The number of anilines is 1. The fourth-order valence-corrected chi connectivity index (χ4v) is 3.46. The lowest BCUT2D eigenvalue weighted by Crippen LogP contribution is -2.54. The van der Waals surface area contributed by atoms with E-state index in [9.17, 15) is 10.1 Å². The molecule has 0 radical (unpaired) electrons. The van der Waals surface area contributed by atoms with Gasteiger partial charge in [0.25, 0.3) is 0 Å². The summed E-state index contributed by atoms with van der Waals surface area (Å²) in [5, 5.41) is 9.37. The quantitative estimate of drug-likeness (QED) is 0.786. The number of carbonyl (C=O) groups excluding carboxylic acids is 1. The van der Waals surface area contributed by atoms with Crippen molar-refractivity contribution in [3.05, 3.63) is 29.8 Å². The average Bonchev–Trinajstić information content (AvgIpc) is 2.61. The van der Waals surface area contributed by atoms with E-state index >= 15 is 0 Å². The highest BCUT2D eigenvalue weighted by molar-refractivity contribution is 5.81. The monoisotopic (exact) mass is 356 g/mol. The number of benzene rings is 1. The molecule has 0 aromatic heterocycles. The second-order valence-corrected chi connectivity index (χ2v) is 7.79. The summed E-state index contributed by atoms with van der Waals surface area (Å²) in [6.45, 7) is 13.8. The van der Waals surface area contributed by atoms with E-state index in [1.807, 2.05) is 4.90 Å². The van der Waals surface area contributed by atoms with Crippen LogP contribution in [-0.2, 0) is 4.79 Å². The van der Waals surface area contributed by atoms with Crippen molar-refractivity contribution < 1.29 is 4.79 Å². The van der Waals surface area contributed by atoms with E-state index in [0.29, 0.717) is 25.6 Å². The van der Waals surface area contributed by atoms with Gasteiger partial charge in [0.1, 0.15) is 6.04 Å². The molecule has 1 aromatic rings. The lowest BCUT2D eigenvalue weighted by atomic mass is 10.0. The highest BCUT2D eigenvalue weighted by Crippen LogP contribution is 2.19. The first-order chi connectivity index (χ1) is 12.3. The molecule has 0 spiro atoms. The van der Waals surface area contributed by atoms with Crippen LogP contribution >= 0.6 is 0 Å². The Bertz CT molecular complexity index is 624.